The van der Waals surface area contributed by atoms with E-state index in [9.17, 15) is 9.90 Å². The highest BCUT2D eigenvalue weighted by Gasteiger charge is 2.13. The van der Waals surface area contributed by atoms with Gasteiger partial charge in [-0.15, -0.1) is 0 Å². The van der Waals surface area contributed by atoms with E-state index in [0.717, 1.165) is 19.3 Å². The molecule has 0 bridgehead atoms. The van der Waals surface area contributed by atoms with Gasteiger partial charge in [0.2, 0.25) is 0 Å². The molecule has 0 amide bonds. The standard InChI is InChI=1S/C10H20O3/c1-8(13-9(2)11)6-5-7-10(3,4)12/h8,12H,5-7H2,1-4H3. The van der Waals surface area contributed by atoms with Crippen LogP contribution in [0, 0.1) is 0 Å². The number of hydrogen-bond acceptors (Lipinski definition) is 3. The Morgan fingerprint density at radius 3 is 2.46 bits per heavy atom. The zero-order chi connectivity index (χ0) is 10.5. The summed E-state index contributed by atoms with van der Waals surface area (Å²) in [7, 11) is 0. The van der Waals surface area contributed by atoms with E-state index in [1.165, 1.54) is 6.92 Å². The molecule has 0 aromatic heterocycles. The lowest BCUT2D eigenvalue weighted by molar-refractivity contribution is -0.145. The summed E-state index contributed by atoms with van der Waals surface area (Å²) in [6.45, 7) is 6.84. The first-order valence-corrected chi connectivity index (χ1v) is 4.71. The van der Waals surface area contributed by atoms with E-state index >= 15 is 0 Å². The summed E-state index contributed by atoms with van der Waals surface area (Å²) in [4.78, 5) is 10.5. The first kappa shape index (κ1) is 12.4. The molecule has 1 atom stereocenters. The Balaban J connectivity index is 3.48. The lowest BCUT2D eigenvalue weighted by Gasteiger charge is -2.18. The minimum absolute atomic E-state index is 0.0418. The Bertz CT molecular complexity index is 158. The van der Waals surface area contributed by atoms with Gasteiger partial charge in [-0.05, 0) is 40.0 Å². The number of carbonyl (C=O) groups is 1. The third-order valence-corrected chi connectivity index (χ3v) is 1.77. The molecule has 0 saturated heterocycles. The topological polar surface area (TPSA) is 46.5 Å². The summed E-state index contributed by atoms with van der Waals surface area (Å²) in [5.41, 5.74) is -0.615. The number of ether oxygens (including phenoxy) is 1. The maximum Gasteiger partial charge on any atom is 0.302 e. The largest absolute Gasteiger partial charge is 0.463 e. The van der Waals surface area contributed by atoms with E-state index in [2.05, 4.69) is 0 Å². The molecule has 0 aromatic carbocycles. The molecule has 0 aliphatic rings. The van der Waals surface area contributed by atoms with Crippen molar-refractivity contribution in [2.24, 2.45) is 0 Å². The molecule has 0 heterocycles. The van der Waals surface area contributed by atoms with Crippen molar-refractivity contribution in [3.8, 4) is 0 Å². The number of rotatable bonds is 5. The molecule has 0 aliphatic carbocycles. The van der Waals surface area contributed by atoms with Crippen molar-refractivity contribution in [3.05, 3.63) is 0 Å². The maximum absolute atomic E-state index is 10.5. The predicted molar refractivity (Wildman–Crippen MR) is 51.4 cm³/mol. The van der Waals surface area contributed by atoms with Gasteiger partial charge in [-0.25, -0.2) is 0 Å². The molecule has 0 aromatic rings. The molecular weight excluding hydrogens is 168 g/mol. The summed E-state index contributed by atoms with van der Waals surface area (Å²) in [6, 6.07) is 0. The van der Waals surface area contributed by atoms with Crippen LogP contribution in [0.15, 0.2) is 0 Å². The summed E-state index contributed by atoms with van der Waals surface area (Å²) >= 11 is 0. The number of esters is 1. The average Bonchev–Trinajstić information content (AvgIpc) is 1.81. The van der Waals surface area contributed by atoms with Crippen molar-refractivity contribution < 1.29 is 14.6 Å². The van der Waals surface area contributed by atoms with Crippen molar-refractivity contribution in [2.45, 2.75) is 58.7 Å². The van der Waals surface area contributed by atoms with Gasteiger partial charge in [-0.1, -0.05) is 0 Å². The van der Waals surface area contributed by atoms with E-state index in [-0.39, 0.29) is 12.1 Å². The van der Waals surface area contributed by atoms with Crippen molar-refractivity contribution >= 4 is 5.97 Å². The average molecular weight is 188 g/mol. The molecule has 13 heavy (non-hydrogen) atoms. The van der Waals surface area contributed by atoms with Crippen LogP contribution in [-0.4, -0.2) is 22.8 Å². The van der Waals surface area contributed by atoms with Gasteiger partial charge in [-0.3, -0.25) is 4.79 Å². The molecule has 0 rings (SSSR count). The van der Waals surface area contributed by atoms with Crippen LogP contribution in [0.3, 0.4) is 0 Å². The lowest BCUT2D eigenvalue weighted by atomic mass is 10.0. The molecule has 0 aliphatic heterocycles. The Hall–Kier alpha value is -0.570. The van der Waals surface area contributed by atoms with E-state index in [0.29, 0.717) is 0 Å². The Labute approximate surface area is 80.1 Å². The predicted octanol–water partition coefficient (Wildman–Crippen LogP) is 1.88. The Morgan fingerprint density at radius 2 is 2.08 bits per heavy atom. The van der Waals surface area contributed by atoms with Crippen LogP contribution in [0.2, 0.25) is 0 Å². The second-order valence-corrected chi connectivity index (χ2v) is 4.12. The molecule has 0 saturated carbocycles. The van der Waals surface area contributed by atoms with Gasteiger partial charge >= 0.3 is 5.97 Å². The van der Waals surface area contributed by atoms with Crippen LogP contribution in [-0.2, 0) is 9.53 Å². The molecule has 3 heteroatoms. The normalized spacial score (nSPS) is 13.9. The molecule has 0 spiro atoms. The van der Waals surface area contributed by atoms with E-state index in [4.69, 9.17) is 4.74 Å². The van der Waals surface area contributed by atoms with Gasteiger partial charge in [0.15, 0.2) is 0 Å². The van der Waals surface area contributed by atoms with Crippen LogP contribution in [0.5, 0.6) is 0 Å². The van der Waals surface area contributed by atoms with Crippen LogP contribution in [0.25, 0.3) is 0 Å². The fraction of sp³-hybridized carbons (Fsp3) is 0.900. The second kappa shape index (κ2) is 5.22. The smallest absolute Gasteiger partial charge is 0.302 e. The SMILES string of the molecule is CC(=O)OC(C)CCCC(C)(C)O. The molecule has 0 fully saturated rings. The maximum atomic E-state index is 10.5. The summed E-state index contributed by atoms with van der Waals surface area (Å²) in [5, 5.41) is 9.40. The van der Waals surface area contributed by atoms with Crippen LogP contribution >= 0.6 is 0 Å². The highest BCUT2D eigenvalue weighted by molar-refractivity contribution is 5.66. The first-order chi connectivity index (χ1) is 5.81. The van der Waals surface area contributed by atoms with E-state index < -0.39 is 5.60 Å². The third-order valence-electron chi connectivity index (χ3n) is 1.77. The van der Waals surface area contributed by atoms with Crippen LogP contribution in [0.1, 0.15) is 47.0 Å². The van der Waals surface area contributed by atoms with Gasteiger partial charge in [-0.2, -0.15) is 0 Å². The molecular formula is C10H20O3. The second-order valence-electron chi connectivity index (χ2n) is 4.12. The Kier molecular flexibility index (Phi) is 4.99. The van der Waals surface area contributed by atoms with Gasteiger partial charge in [0.25, 0.3) is 0 Å². The third kappa shape index (κ3) is 9.34. The number of carbonyl (C=O) groups excluding carboxylic acids is 1. The zero-order valence-electron chi connectivity index (χ0n) is 8.96. The lowest BCUT2D eigenvalue weighted by Crippen LogP contribution is -2.19. The van der Waals surface area contributed by atoms with Gasteiger partial charge in [0.05, 0.1) is 11.7 Å². The van der Waals surface area contributed by atoms with E-state index in [1.54, 1.807) is 13.8 Å². The van der Waals surface area contributed by atoms with E-state index in [1.807, 2.05) is 6.92 Å². The minimum Gasteiger partial charge on any atom is -0.463 e. The van der Waals surface area contributed by atoms with Crippen LogP contribution < -0.4 is 0 Å². The number of hydrogen-bond donors (Lipinski definition) is 1. The Morgan fingerprint density at radius 1 is 1.54 bits per heavy atom. The highest BCUT2D eigenvalue weighted by Crippen LogP contribution is 2.14. The fourth-order valence-corrected chi connectivity index (χ4v) is 1.16. The summed E-state index contributed by atoms with van der Waals surface area (Å²) < 4.78 is 4.94. The fourth-order valence-electron chi connectivity index (χ4n) is 1.16. The minimum atomic E-state index is -0.615. The number of aliphatic hydroxyl groups is 1. The summed E-state index contributed by atoms with van der Waals surface area (Å²) in [5.74, 6) is -0.240. The van der Waals surface area contributed by atoms with Gasteiger partial charge in [0, 0.05) is 6.92 Å². The molecule has 1 N–H and O–H groups in total. The molecule has 1 unspecified atom stereocenters. The van der Waals surface area contributed by atoms with Crippen molar-refractivity contribution in [3.63, 3.8) is 0 Å². The highest BCUT2D eigenvalue weighted by atomic mass is 16.5. The van der Waals surface area contributed by atoms with Crippen molar-refractivity contribution in [2.75, 3.05) is 0 Å². The van der Waals surface area contributed by atoms with Gasteiger partial charge < -0.3 is 9.84 Å². The first-order valence-electron chi connectivity index (χ1n) is 4.71. The quantitative estimate of drug-likeness (QED) is 0.670. The van der Waals surface area contributed by atoms with Crippen molar-refractivity contribution in [1.82, 2.24) is 0 Å². The van der Waals surface area contributed by atoms with Crippen molar-refractivity contribution in [1.29, 1.82) is 0 Å². The van der Waals surface area contributed by atoms with Crippen LogP contribution in [0.4, 0.5) is 0 Å². The molecule has 3 nitrogen and oxygen atoms in total. The molecule has 78 valence electrons. The molecule has 0 radical (unpaired) electrons. The summed E-state index contributed by atoms with van der Waals surface area (Å²) in [6.07, 6.45) is 2.37. The monoisotopic (exact) mass is 188 g/mol. The zero-order valence-corrected chi connectivity index (χ0v) is 8.96. The van der Waals surface area contributed by atoms with Gasteiger partial charge in [0.1, 0.15) is 0 Å².